The highest BCUT2D eigenvalue weighted by Gasteiger charge is 2.41. The number of hydrogen-bond acceptors (Lipinski definition) is 3. The number of benzene rings is 2. The van der Waals surface area contributed by atoms with E-state index in [1.165, 1.54) is 12.1 Å². The zero-order chi connectivity index (χ0) is 19.7. The topological polar surface area (TPSA) is 45.0 Å². The summed E-state index contributed by atoms with van der Waals surface area (Å²) in [5, 5.41) is 11.4. The number of nitrogens with one attached hydrogen (secondary N) is 1. The van der Waals surface area contributed by atoms with Gasteiger partial charge in [0.15, 0.2) is 0 Å². The number of halogens is 1. The van der Waals surface area contributed by atoms with E-state index in [-0.39, 0.29) is 18.8 Å². The van der Waals surface area contributed by atoms with E-state index < -0.39 is 19.1 Å². The minimum Gasteiger partial charge on any atom is -0.361 e. The molecule has 0 saturated carbocycles. The summed E-state index contributed by atoms with van der Waals surface area (Å²) in [6.45, 7) is -3.11. The second-order valence-electron chi connectivity index (χ2n) is 5.49. The number of ether oxygens (including phenoxy) is 1. The van der Waals surface area contributed by atoms with Gasteiger partial charge in [-0.25, -0.2) is 4.39 Å². The Hall–Kier alpha value is -2.22. The molecule has 0 fully saturated rings. The number of hydrogen-bond donors (Lipinski definition) is 1. The lowest BCUT2D eigenvalue weighted by Crippen LogP contribution is -2.28. The van der Waals surface area contributed by atoms with Gasteiger partial charge in [-0.15, -0.1) is 0 Å². The van der Waals surface area contributed by atoms with Crippen molar-refractivity contribution in [1.29, 1.82) is 5.26 Å². The van der Waals surface area contributed by atoms with Crippen molar-refractivity contribution in [2.45, 2.75) is 25.0 Å². The molecule has 0 saturated heterocycles. The maximum absolute atomic E-state index is 13.4. The summed E-state index contributed by atoms with van der Waals surface area (Å²) in [6, 6.07) is 13.4. The van der Waals surface area contributed by atoms with Crippen molar-refractivity contribution in [2.75, 3.05) is 13.5 Å². The SMILES string of the molecule is [2H]C(CCC1(c2ccc(F)cc2)OCc2cc(C#N)ccc21)NC([2H])([2H])[2H]. The van der Waals surface area contributed by atoms with Crippen molar-refractivity contribution in [3.05, 3.63) is 70.5 Å². The molecule has 23 heavy (non-hydrogen) atoms. The monoisotopic (exact) mass is 314 g/mol. The summed E-state index contributed by atoms with van der Waals surface area (Å²) < 4.78 is 49.3. The van der Waals surface area contributed by atoms with Gasteiger partial charge < -0.3 is 10.1 Å². The average molecular weight is 314 g/mol. The van der Waals surface area contributed by atoms with Gasteiger partial charge in [0.25, 0.3) is 0 Å². The maximum Gasteiger partial charge on any atom is 0.123 e. The minimum absolute atomic E-state index is 0.217. The van der Waals surface area contributed by atoms with Gasteiger partial charge in [-0.1, -0.05) is 18.2 Å². The molecule has 1 aliphatic heterocycles. The highest BCUT2D eigenvalue weighted by Crippen LogP contribution is 2.45. The van der Waals surface area contributed by atoms with Crippen molar-refractivity contribution in [2.24, 2.45) is 0 Å². The molecule has 4 heteroatoms. The van der Waals surface area contributed by atoms with E-state index in [0.717, 1.165) is 16.7 Å². The molecule has 0 spiro atoms. The molecule has 1 N–H and O–H groups in total. The quantitative estimate of drug-likeness (QED) is 0.919. The second-order valence-corrected chi connectivity index (χ2v) is 5.49. The van der Waals surface area contributed by atoms with E-state index in [4.69, 9.17) is 15.5 Å². The summed E-state index contributed by atoms with van der Waals surface area (Å²) in [7, 11) is 0. The van der Waals surface area contributed by atoms with Gasteiger partial charge in [-0.3, -0.25) is 0 Å². The molecule has 2 atom stereocenters. The molecular weight excluding hydrogens is 291 g/mol. The van der Waals surface area contributed by atoms with E-state index in [1.807, 2.05) is 6.07 Å². The third-order valence-electron chi connectivity index (χ3n) is 4.20. The molecule has 3 nitrogen and oxygen atoms in total. The molecule has 0 bridgehead atoms. The summed E-state index contributed by atoms with van der Waals surface area (Å²) in [5.74, 6) is -0.366. The van der Waals surface area contributed by atoms with Crippen LogP contribution in [0.2, 0.25) is 0 Å². The molecule has 2 aromatic rings. The van der Waals surface area contributed by atoms with E-state index in [0.29, 0.717) is 12.0 Å². The number of fused-ring (bicyclic) bond motifs is 1. The summed E-state index contributed by atoms with van der Waals surface area (Å²) >= 11 is 0. The van der Waals surface area contributed by atoms with Crippen LogP contribution >= 0.6 is 0 Å². The molecule has 1 heterocycles. The van der Waals surface area contributed by atoms with Gasteiger partial charge >= 0.3 is 0 Å². The van der Waals surface area contributed by atoms with Crippen molar-refractivity contribution < 1.29 is 14.6 Å². The second kappa shape index (κ2) is 6.49. The van der Waals surface area contributed by atoms with Gasteiger partial charge in [0.05, 0.1) is 18.2 Å². The normalized spacial score (nSPS) is 23.8. The molecule has 0 aromatic heterocycles. The van der Waals surface area contributed by atoms with Gasteiger partial charge in [0.1, 0.15) is 11.4 Å². The van der Waals surface area contributed by atoms with Crippen LogP contribution in [0.25, 0.3) is 0 Å². The van der Waals surface area contributed by atoms with Crippen molar-refractivity contribution in [3.8, 4) is 6.07 Å². The predicted octanol–water partition coefficient (Wildman–Crippen LogP) is 3.47. The Kier molecular flexibility index (Phi) is 3.20. The molecule has 118 valence electrons. The molecule has 3 rings (SSSR count). The molecule has 0 aliphatic carbocycles. The molecule has 2 aromatic carbocycles. The van der Waals surface area contributed by atoms with Crippen LogP contribution in [0.4, 0.5) is 4.39 Å². The van der Waals surface area contributed by atoms with Gasteiger partial charge in [0, 0.05) is 5.48 Å². The number of nitriles is 1. The van der Waals surface area contributed by atoms with Crippen LogP contribution in [-0.2, 0) is 16.9 Å². The fourth-order valence-corrected chi connectivity index (χ4v) is 3.11. The van der Waals surface area contributed by atoms with Gasteiger partial charge in [-0.05, 0) is 67.3 Å². The Bertz CT molecular complexity index is 863. The fourth-order valence-electron chi connectivity index (χ4n) is 3.11. The van der Waals surface area contributed by atoms with E-state index >= 15 is 0 Å². The Morgan fingerprint density at radius 2 is 2.22 bits per heavy atom. The number of rotatable bonds is 5. The van der Waals surface area contributed by atoms with Gasteiger partial charge in [-0.2, -0.15) is 5.26 Å². The van der Waals surface area contributed by atoms with Crippen LogP contribution in [0.15, 0.2) is 42.5 Å². The fraction of sp³-hybridized carbons (Fsp3) is 0.316. The Balaban J connectivity index is 1.95. The van der Waals surface area contributed by atoms with Crippen LogP contribution in [-0.4, -0.2) is 13.5 Å². The first kappa shape index (κ1) is 11.3. The first-order valence-electron chi connectivity index (χ1n) is 9.45. The average Bonchev–Trinajstić information content (AvgIpc) is 2.98. The zero-order valence-corrected chi connectivity index (χ0v) is 12.5. The lowest BCUT2D eigenvalue weighted by Gasteiger charge is -2.30. The Labute approximate surface area is 141 Å². The van der Waals surface area contributed by atoms with Crippen LogP contribution < -0.4 is 5.32 Å². The van der Waals surface area contributed by atoms with Crippen molar-refractivity contribution >= 4 is 0 Å². The highest BCUT2D eigenvalue weighted by atomic mass is 19.1. The standard InChI is InChI=1S/C19H19FN2O/c1-22-10-2-9-19(16-4-6-17(20)7-5-16)18-8-3-14(12-21)11-15(18)13-23-19/h3-8,11,22H,2,9-10,13H2,1H3/i1D3,10D. The Morgan fingerprint density at radius 1 is 1.39 bits per heavy atom. The Morgan fingerprint density at radius 3 is 2.96 bits per heavy atom. The van der Waals surface area contributed by atoms with Crippen molar-refractivity contribution in [1.82, 2.24) is 5.32 Å². The zero-order valence-electron chi connectivity index (χ0n) is 16.5. The summed E-state index contributed by atoms with van der Waals surface area (Å²) in [5.41, 5.74) is 2.06. The van der Waals surface area contributed by atoms with Crippen LogP contribution in [0, 0.1) is 17.1 Å². The smallest absolute Gasteiger partial charge is 0.123 e. The lowest BCUT2D eigenvalue weighted by atomic mass is 9.81. The third kappa shape index (κ3) is 2.86. The third-order valence-corrected chi connectivity index (χ3v) is 4.20. The van der Waals surface area contributed by atoms with Crippen molar-refractivity contribution in [3.63, 3.8) is 0 Å². The summed E-state index contributed by atoms with van der Waals surface area (Å²) in [4.78, 5) is 0. The summed E-state index contributed by atoms with van der Waals surface area (Å²) in [6.07, 6.45) is 0.560. The van der Waals surface area contributed by atoms with Crippen LogP contribution in [0.3, 0.4) is 0 Å². The minimum atomic E-state index is -2.40. The number of nitrogens with zero attached hydrogens (tertiary/aromatic N) is 1. The van der Waals surface area contributed by atoms with Gasteiger partial charge in [0.2, 0.25) is 0 Å². The lowest BCUT2D eigenvalue weighted by molar-refractivity contribution is -0.0128. The molecule has 0 amide bonds. The van der Waals surface area contributed by atoms with E-state index in [2.05, 4.69) is 11.4 Å². The maximum atomic E-state index is 13.4. The molecule has 0 radical (unpaired) electrons. The molecule has 2 unspecified atom stereocenters. The van der Waals surface area contributed by atoms with E-state index in [1.54, 1.807) is 24.3 Å². The van der Waals surface area contributed by atoms with Crippen LogP contribution in [0.5, 0.6) is 0 Å². The predicted molar refractivity (Wildman–Crippen MR) is 86.3 cm³/mol. The molecule has 1 aliphatic rings. The van der Waals surface area contributed by atoms with E-state index in [9.17, 15) is 4.39 Å². The highest BCUT2D eigenvalue weighted by molar-refractivity contribution is 5.47. The largest absolute Gasteiger partial charge is 0.361 e. The molecular formula is C19H19FN2O. The first-order valence-corrected chi connectivity index (χ1v) is 7.37. The van der Waals surface area contributed by atoms with Crippen LogP contribution in [0.1, 0.15) is 40.6 Å². The first-order chi connectivity index (χ1) is 12.7.